The van der Waals surface area contributed by atoms with Gasteiger partial charge in [0.2, 0.25) is 11.7 Å². The van der Waals surface area contributed by atoms with Gasteiger partial charge in [-0.1, -0.05) is 6.07 Å². The number of hydrogen-bond acceptors (Lipinski definition) is 9. The number of halogens is 1. The molecule has 8 nitrogen and oxygen atoms in total. The second-order valence-corrected chi connectivity index (χ2v) is 9.06. The van der Waals surface area contributed by atoms with Crippen LogP contribution in [0.25, 0.3) is 21.6 Å². The van der Waals surface area contributed by atoms with Crippen molar-refractivity contribution in [1.82, 2.24) is 4.37 Å². The van der Waals surface area contributed by atoms with Crippen molar-refractivity contribution in [3.63, 3.8) is 0 Å². The number of thioether (sulfide) groups is 1. The summed E-state index contributed by atoms with van der Waals surface area (Å²) in [5, 5.41) is 2.91. The van der Waals surface area contributed by atoms with E-state index in [4.69, 9.17) is 24.7 Å². The lowest BCUT2D eigenvalue weighted by Crippen LogP contribution is -2.36. The lowest BCUT2D eigenvalue weighted by molar-refractivity contribution is -0.117. The third kappa shape index (κ3) is 6.52. The largest absolute Gasteiger partial charge is 0.495 e. The van der Waals surface area contributed by atoms with Gasteiger partial charge in [-0.15, -0.1) is 12.4 Å². The van der Waals surface area contributed by atoms with E-state index in [-0.39, 0.29) is 18.3 Å². The molecule has 0 bridgehead atoms. The number of benzene rings is 2. The summed E-state index contributed by atoms with van der Waals surface area (Å²) in [6.07, 6.45) is 4.37. The van der Waals surface area contributed by atoms with Crippen LogP contribution in [-0.2, 0) is 4.79 Å². The van der Waals surface area contributed by atoms with E-state index in [0.717, 1.165) is 27.3 Å². The van der Waals surface area contributed by atoms with Crippen LogP contribution in [-0.4, -0.2) is 56.8 Å². The number of anilines is 1. The van der Waals surface area contributed by atoms with Crippen LogP contribution >= 0.6 is 35.7 Å². The van der Waals surface area contributed by atoms with Crippen molar-refractivity contribution in [2.75, 3.05) is 45.8 Å². The van der Waals surface area contributed by atoms with Gasteiger partial charge in [-0.2, -0.15) is 16.1 Å². The minimum atomic E-state index is -0.599. The summed E-state index contributed by atoms with van der Waals surface area (Å²) < 4.78 is 26.3. The van der Waals surface area contributed by atoms with Gasteiger partial charge in [-0.3, -0.25) is 4.79 Å². The summed E-state index contributed by atoms with van der Waals surface area (Å²) in [6, 6.07) is 8.77. The first-order valence-electron chi connectivity index (χ1n) is 10.5. The highest BCUT2D eigenvalue weighted by atomic mass is 35.5. The Morgan fingerprint density at radius 2 is 1.69 bits per heavy atom. The molecule has 3 aromatic rings. The Morgan fingerprint density at radius 1 is 1.03 bits per heavy atom. The maximum absolute atomic E-state index is 12.6. The molecule has 1 atom stereocenters. The molecule has 0 spiro atoms. The number of nitrogens with zero attached hydrogens (tertiary/aromatic N) is 1. The van der Waals surface area contributed by atoms with Gasteiger partial charge in [0, 0.05) is 17.3 Å². The van der Waals surface area contributed by atoms with Gasteiger partial charge in [0.15, 0.2) is 11.5 Å². The van der Waals surface area contributed by atoms with E-state index < -0.39 is 6.04 Å². The van der Waals surface area contributed by atoms with E-state index in [0.29, 0.717) is 35.1 Å². The second-order valence-electron chi connectivity index (χ2n) is 7.27. The van der Waals surface area contributed by atoms with Crippen molar-refractivity contribution in [3.05, 3.63) is 36.5 Å². The molecule has 3 rings (SSSR count). The first-order chi connectivity index (χ1) is 16.5. The van der Waals surface area contributed by atoms with Crippen LogP contribution in [0.4, 0.5) is 5.69 Å². The van der Waals surface area contributed by atoms with E-state index in [1.165, 1.54) is 11.5 Å². The Balaban J connectivity index is 0.00000432. The SMILES string of the molecule is COc1ccc(-c2cnsc2-c2cc(OC)c(OC)c(OC)c2)cc1NC(=O)C(N)CCSC.Cl. The first kappa shape index (κ1) is 28.6. The predicted octanol–water partition coefficient (Wildman–Crippen LogP) is 4.95. The van der Waals surface area contributed by atoms with Crippen LogP contribution in [0.1, 0.15) is 6.42 Å². The number of nitrogens with one attached hydrogen (secondary N) is 1. The fourth-order valence-corrected chi connectivity index (χ4v) is 4.69. The molecule has 2 aromatic carbocycles. The van der Waals surface area contributed by atoms with Crippen LogP contribution in [0.2, 0.25) is 0 Å². The van der Waals surface area contributed by atoms with Gasteiger partial charge in [-0.05, 0) is 59.8 Å². The molecule has 0 saturated carbocycles. The van der Waals surface area contributed by atoms with Crippen molar-refractivity contribution in [2.24, 2.45) is 5.73 Å². The highest BCUT2D eigenvalue weighted by Gasteiger charge is 2.20. The summed E-state index contributed by atoms with van der Waals surface area (Å²) in [5.41, 5.74) is 9.22. The van der Waals surface area contributed by atoms with Crippen molar-refractivity contribution in [3.8, 4) is 44.6 Å². The molecular weight excluding hydrogens is 510 g/mol. The monoisotopic (exact) mass is 539 g/mol. The highest BCUT2D eigenvalue weighted by Crippen LogP contribution is 2.45. The van der Waals surface area contributed by atoms with Crippen LogP contribution in [0.3, 0.4) is 0 Å². The fourth-order valence-electron chi connectivity index (χ4n) is 3.44. The Hall–Kier alpha value is -2.66. The molecule has 11 heteroatoms. The minimum Gasteiger partial charge on any atom is -0.495 e. The molecular formula is C24H30ClN3O5S2. The van der Waals surface area contributed by atoms with E-state index in [9.17, 15) is 4.79 Å². The van der Waals surface area contributed by atoms with E-state index in [1.54, 1.807) is 46.4 Å². The minimum absolute atomic E-state index is 0. The summed E-state index contributed by atoms with van der Waals surface area (Å²) in [4.78, 5) is 13.5. The van der Waals surface area contributed by atoms with Gasteiger partial charge in [-0.25, -0.2) is 0 Å². The number of hydrogen-bond donors (Lipinski definition) is 2. The van der Waals surface area contributed by atoms with Crippen molar-refractivity contribution >= 4 is 47.3 Å². The Labute approximate surface area is 220 Å². The van der Waals surface area contributed by atoms with Crippen LogP contribution < -0.4 is 30.0 Å². The first-order valence-corrected chi connectivity index (χ1v) is 12.6. The standard InChI is InChI=1S/C24H29N3O5S2.ClH/c1-29-19-7-6-14(10-18(19)27-24(28)17(25)8-9-33-5)16-13-26-34-23(16)15-11-20(30-2)22(32-4)21(12-15)31-3;/h6-7,10-13,17H,8-9,25H2,1-5H3,(H,27,28);1H. The quantitative estimate of drug-likeness (QED) is 0.352. The molecule has 0 aliphatic heterocycles. The predicted molar refractivity (Wildman–Crippen MR) is 146 cm³/mol. The molecule has 0 fully saturated rings. The Kier molecular flexibility index (Phi) is 11.0. The summed E-state index contributed by atoms with van der Waals surface area (Å²) in [7, 11) is 6.29. The molecule has 35 heavy (non-hydrogen) atoms. The average molecular weight is 540 g/mol. The van der Waals surface area contributed by atoms with Gasteiger partial charge in [0.05, 0.1) is 45.0 Å². The number of aromatic nitrogens is 1. The number of ether oxygens (including phenoxy) is 4. The summed E-state index contributed by atoms with van der Waals surface area (Å²) in [5.74, 6) is 2.73. The zero-order chi connectivity index (χ0) is 24.7. The van der Waals surface area contributed by atoms with Crippen LogP contribution in [0.15, 0.2) is 36.5 Å². The lowest BCUT2D eigenvalue weighted by atomic mass is 10.0. The van der Waals surface area contributed by atoms with Gasteiger partial charge < -0.3 is 30.0 Å². The number of nitrogens with two attached hydrogens (primary N) is 1. The van der Waals surface area contributed by atoms with E-state index >= 15 is 0 Å². The molecule has 0 aliphatic carbocycles. The third-order valence-electron chi connectivity index (χ3n) is 5.24. The van der Waals surface area contributed by atoms with E-state index in [2.05, 4.69) is 9.69 Å². The third-order valence-corrected chi connectivity index (χ3v) is 6.73. The normalized spacial score (nSPS) is 11.3. The van der Waals surface area contributed by atoms with Gasteiger partial charge in [0.1, 0.15) is 5.75 Å². The number of methoxy groups -OCH3 is 4. The molecule has 0 radical (unpaired) electrons. The molecule has 3 N–H and O–H groups in total. The Morgan fingerprint density at radius 3 is 2.26 bits per heavy atom. The van der Waals surface area contributed by atoms with Crippen LogP contribution in [0.5, 0.6) is 23.0 Å². The number of carbonyl (C=O) groups is 1. The maximum Gasteiger partial charge on any atom is 0.241 e. The molecule has 0 saturated heterocycles. The van der Waals surface area contributed by atoms with Crippen molar-refractivity contribution < 1.29 is 23.7 Å². The molecule has 1 unspecified atom stereocenters. The fraction of sp³-hybridized carbons (Fsp3) is 0.333. The van der Waals surface area contributed by atoms with E-state index in [1.807, 2.05) is 36.6 Å². The van der Waals surface area contributed by atoms with Gasteiger partial charge in [0.25, 0.3) is 0 Å². The number of carbonyl (C=O) groups excluding carboxylic acids is 1. The molecule has 1 heterocycles. The average Bonchev–Trinajstić information content (AvgIpc) is 3.36. The molecule has 1 aromatic heterocycles. The number of rotatable bonds is 11. The van der Waals surface area contributed by atoms with Crippen molar-refractivity contribution in [1.29, 1.82) is 0 Å². The smallest absolute Gasteiger partial charge is 0.241 e. The zero-order valence-corrected chi connectivity index (χ0v) is 22.7. The van der Waals surface area contributed by atoms with Gasteiger partial charge >= 0.3 is 0 Å². The molecule has 1 amide bonds. The maximum atomic E-state index is 12.6. The second kappa shape index (κ2) is 13.4. The summed E-state index contributed by atoms with van der Waals surface area (Å²) in [6.45, 7) is 0. The van der Waals surface area contributed by atoms with Crippen molar-refractivity contribution in [2.45, 2.75) is 12.5 Å². The topological polar surface area (TPSA) is 105 Å². The Bertz CT molecular complexity index is 1120. The molecule has 0 aliphatic rings. The number of amides is 1. The molecule has 190 valence electrons. The van der Waals surface area contributed by atoms with Crippen LogP contribution in [0, 0.1) is 0 Å². The highest BCUT2D eigenvalue weighted by molar-refractivity contribution is 7.98. The lowest BCUT2D eigenvalue weighted by Gasteiger charge is -2.16. The summed E-state index contributed by atoms with van der Waals surface area (Å²) >= 11 is 3.00. The zero-order valence-electron chi connectivity index (χ0n) is 20.2.